The van der Waals surface area contributed by atoms with Crippen LogP contribution in [0.25, 0.3) is 0 Å². The van der Waals surface area contributed by atoms with E-state index in [-0.39, 0.29) is 18.0 Å². The van der Waals surface area contributed by atoms with Gasteiger partial charge in [-0.25, -0.2) is 5.43 Å². The predicted molar refractivity (Wildman–Crippen MR) is 114 cm³/mol. The molecule has 1 saturated heterocycles. The quantitative estimate of drug-likeness (QED) is 0.787. The number of hydrogen-bond donors (Lipinski definition) is 1. The summed E-state index contributed by atoms with van der Waals surface area (Å²) < 4.78 is 5.52. The summed E-state index contributed by atoms with van der Waals surface area (Å²) in [4.78, 5) is 14.9. The Kier molecular flexibility index (Phi) is 5.52. The molecule has 6 heteroatoms. The molecule has 2 aliphatic heterocycles. The van der Waals surface area contributed by atoms with E-state index in [1.807, 2.05) is 47.4 Å². The van der Waals surface area contributed by atoms with Gasteiger partial charge in [0.2, 0.25) is 0 Å². The second-order valence-corrected chi connectivity index (χ2v) is 8.06. The minimum Gasteiger partial charge on any atom is -0.492 e. The van der Waals surface area contributed by atoms with Gasteiger partial charge in [-0.1, -0.05) is 41.4 Å². The zero-order valence-corrected chi connectivity index (χ0v) is 17.7. The minimum atomic E-state index is -0.221. The van der Waals surface area contributed by atoms with Gasteiger partial charge in [0, 0.05) is 12.4 Å². The van der Waals surface area contributed by atoms with Gasteiger partial charge in [0.25, 0.3) is 5.91 Å². The van der Waals surface area contributed by atoms with Crippen molar-refractivity contribution in [3.63, 3.8) is 0 Å². The number of carbonyl (C=O) groups excluding carboxylic acids is 1. The maximum absolute atomic E-state index is 13.1. The highest BCUT2D eigenvalue weighted by Gasteiger charge is 2.40. The fourth-order valence-electron chi connectivity index (χ4n) is 4.00. The molecule has 29 heavy (non-hydrogen) atoms. The average molecular weight is 412 g/mol. The Morgan fingerprint density at radius 2 is 2.00 bits per heavy atom. The van der Waals surface area contributed by atoms with Gasteiger partial charge >= 0.3 is 0 Å². The molecule has 2 aromatic carbocycles. The van der Waals surface area contributed by atoms with Gasteiger partial charge < -0.3 is 14.6 Å². The highest BCUT2D eigenvalue weighted by atomic mass is 35.5. The highest BCUT2D eigenvalue weighted by Crippen LogP contribution is 2.34. The van der Waals surface area contributed by atoms with Gasteiger partial charge in [-0.05, 0) is 56.0 Å². The molecule has 2 aromatic rings. The maximum atomic E-state index is 13.1. The molecule has 0 aromatic heterocycles. The number of fused-ring (bicyclic) bond motifs is 1. The predicted octanol–water partition coefficient (Wildman–Crippen LogP) is 4.49. The Labute approximate surface area is 176 Å². The third-order valence-corrected chi connectivity index (χ3v) is 5.87. The van der Waals surface area contributed by atoms with Crippen molar-refractivity contribution < 1.29 is 9.53 Å². The highest BCUT2D eigenvalue weighted by molar-refractivity contribution is 6.32. The lowest BCUT2D eigenvalue weighted by molar-refractivity contribution is -0.134. The van der Waals surface area contributed by atoms with Gasteiger partial charge in [-0.3, -0.25) is 4.79 Å². The monoisotopic (exact) mass is 411 g/mol. The van der Waals surface area contributed by atoms with Gasteiger partial charge in [-0.2, -0.15) is 0 Å². The van der Waals surface area contributed by atoms with E-state index in [2.05, 4.69) is 37.5 Å². The smallest absolute Gasteiger partial charge is 0.251 e. The van der Waals surface area contributed by atoms with Gasteiger partial charge in [0.1, 0.15) is 11.8 Å². The number of amides is 1. The largest absolute Gasteiger partial charge is 0.492 e. The van der Waals surface area contributed by atoms with Crippen LogP contribution in [0.5, 0.6) is 5.75 Å². The van der Waals surface area contributed by atoms with Crippen molar-refractivity contribution in [1.82, 2.24) is 15.3 Å². The third-order valence-electron chi connectivity index (χ3n) is 5.57. The van der Waals surface area contributed by atoms with Crippen molar-refractivity contribution in [1.29, 1.82) is 0 Å². The maximum Gasteiger partial charge on any atom is 0.251 e. The third kappa shape index (κ3) is 3.98. The van der Waals surface area contributed by atoms with E-state index >= 15 is 0 Å². The van der Waals surface area contributed by atoms with Crippen LogP contribution < -0.4 is 10.2 Å². The topological polar surface area (TPSA) is 44.8 Å². The molecule has 0 saturated carbocycles. The lowest BCUT2D eigenvalue weighted by Crippen LogP contribution is -2.47. The number of rotatable bonds is 5. The zero-order valence-electron chi connectivity index (χ0n) is 17.0. The van der Waals surface area contributed by atoms with Crippen LogP contribution in [0.15, 0.2) is 48.8 Å². The van der Waals surface area contributed by atoms with E-state index in [1.165, 1.54) is 16.7 Å². The van der Waals surface area contributed by atoms with Crippen molar-refractivity contribution in [2.45, 2.75) is 45.8 Å². The first-order valence-electron chi connectivity index (χ1n) is 9.98. The molecule has 1 amide bonds. The van der Waals surface area contributed by atoms with Gasteiger partial charge in [0.05, 0.1) is 24.2 Å². The number of aryl methyl sites for hydroxylation is 2. The van der Waals surface area contributed by atoms with Crippen LogP contribution in [0, 0.1) is 13.8 Å². The van der Waals surface area contributed by atoms with Gasteiger partial charge in [0.15, 0.2) is 0 Å². The molecule has 0 radical (unpaired) electrons. The summed E-state index contributed by atoms with van der Waals surface area (Å²) in [5.74, 6) is 0.795. The van der Waals surface area contributed by atoms with E-state index in [1.54, 1.807) is 0 Å². The molecular weight excluding hydrogens is 386 g/mol. The molecule has 0 spiro atoms. The fourth-order valence-corrected chi connectivity index (χ4v) is 4.24. The summed E-state index contributed by atoms with van der Waals surface area (Å²) in [5.41, 5.74) is 8.08. The molecule has 0 bridgehead atoms. The Morgan fingerprint density at radius 3 is 2.72 bits per heavy atom. The normalized spacial score (nSPS) is 20.9. The van der Waals surface area contributed by atoms with E-state index in [0.717, 1.165) is 5.56 Å². The van der Waals surface area contributed by atoms with Crippen molar-refractivity contribution in [2.75, 3.05) is 6.61 Å². The first-order valence-corrected chi connectivity index (χ1v) is 10.4. The van der Waals surface area contributed by atoms with Crippen LogP contribution in [-0.4, -0.2) is 28.5 Å². The molecular formula is C23H26ClN3O2. The summed E-state index contributed by atoms with van der Waals surface area (Å²) in [6, 6.07) is 12.0. The SMILES string of the molecule is CCOc1ccc(C2CC3C(=O)N(Cc4ccc(C)cc4C)C=CN3N2)cc1Cl. The van der Waals surface area contributed by atoms with Gasteiger partial charge in [-0.15, -0.1) is 0 Å². The Morgan fingerprint density at radius 1 is 1.17 bits per heavy atom. The molecule has 2 unspecified atom stereocenters. The van der Waals surface area contributed by atoms with Crippen molar-refractivity contribution in [3.05, 3.63) is 76.1 Å². The number of ether oxygens (including phenoxy) is 1. The summed E-state index contributed by atoms with van der Waals surface area (Å²) in [6.45, 7) is 7.27. The number of nitrogens with one attached hydrogen (secondary N) is 1. The minimum absolute atomic E-state index is 0.0304. The summed E-state index contributed by atoms with van der Waals surface area (Å²) >= 11 is 6.35. The standard InChI is InChI=1S/C23H26ClN3O2/c1-4-29-22-8-7-17(12-19(22)24)20-13-21-23(28)26(9-10-27(21)25-20)14-18-6-5-15(2)11-16(18)3/h5-12,20-21,25H,4,13-14H2,1-3H3. The number of carbonyl (C=O) groups is 1. The van der Waals surface area contributed by atoms with Crippen LogP contribution in [0.4, 0.5) is 0 Å². The molecule has 2 atom stereocenters. The first kappa shape index (κ1) is 19.8. The lowest BCUT2D eigenvalue weighted by Gasteiger charge is -2.32. The average Bonchev–Trinajstić information content (AvgIpc) is 3.13. The summed E-state index contributed by atoms with van der Waals surface area (Å²) in [7, 11) is 0. The molecule has 0 aliphatic carbocycles. The van der Waals surface area contributed by atoms with Crippen LogP contribution >= 0.6 is 11.6 Å². The Bertz CT molecular complexity index is 959. The number of benzene rings is 2. The van der Waals surface area contributed by atoms with E-state index in [0.29, 0.717) is 30.3 Å². The van der Waals surface area contributed by atoms with E-state index < -0.39 is 0 Å². The second kappa shape index (κ2) is 8.09. The van der Waals surface area contributed by atoms with Crippen molar-refractivity contribution >= 4 is 17.5 Å². The number of nitrogens with zero attached hydrogens (tertiary/aromatic N) is 2. The molecule has 152 valence electrons. The van der Waals surface area contributed by atoms with Crippen LogP contribution in [0.2, 0.25) is 5.02 Å². The van der Waals surface area contributed by atoms with E-state index in [4.69, 9.17) is 16.3 Å². The molecule has 2 heterocycles. The first-order chi connectivity index (χ1) is 14.0. The molecule has 1 N–H and O–H groups in total. The number of hydrazine groups is 1. The van der Waals surface area contributed by atoms with Crippen LogP contribution in [0.3, 0.4) is 0 Å². The Hall–Kier alpha value is -2.50. The summed E-state index contributed by atoms with van der Waals surface area (Å²) in [6.07, 6.45) is 4.50. The van der Waals surface area contributed by atoms with E-state index in [9.17, 15) is 4.79 Å². The summed E-state index contributed by atoms with van der Waals surface area (Å²) in [5, 5.41) is 2.50. The molecule has 1 fully saturated rings. The van der Waals surface area contributed by atoms with Crippen LogP contribution in [-0.2, 0) is 11.3 Å². The van der Waals surface area contributed by atoms with Crippen molar-refractivity contribution in [2.24, 2.45) is 0 Å². The second-order valence-electron chi connectivity index (χ2n) is 7.66. The molecule has 4 rings (SSSR count). The number of hydrogen-bond acceptors (Lipinski definition) is 4. The molecule has 5 nitrogen and oxygen atoms in total. The Balaban J connectivity index is 1.48. The lowest BCUT2D eigenvalue weighted by atomic mass is 10.00. The zero-order chi connectivity index (χ0) is 20.5. The van der Waals surface area contributed by atoms with Crippen LogP contribution in [0.1, 0.15) is 41.6 Å². The molecule has 2 aliphatic rings. The van der Waals surface area contributed by atoms with Crippen molar-refractivity contribution in [3.8, 4) is 5.75 Å². The fraction of sp³-hybridized carbons (Fsp3) is 0.348. The number of halogens is 1.